The van der Waals surface area contributed by atoms with Crippen molar-refractivity contribution in [2.45, 2.75) is 26.4 Å². The van der Waals surface area contributed by atoms with Gasteiger partial charge in [0.25, 0.3) is 12.3 Å². The van der Waals surface area contributed by atoms with E-state index in [1.807, 2.05) is 24.3 Å². The first-order chi connectivity index (χ1) is 17.4. The van der Waals surface area contributed by atoms with Crippen molar-refractivity contribution in [2.75, 3.05) is 12.4 Å². The maximum absolute atomic E-state index is 13.3. The Morgan fingerprint density at radius 2 is 2.00 bits per heavy atom. The Morgan fingerprint density at radius 1 is 1.32 bits per heavy atom. The molecule has 3 aromatic rings. The summed E-state index contributed by atoms with van der Waals surface area (Å²) < 4.78 is 28.7. The summed E-state index contributed by atoms with van der Waals surface area (Å²) in [5.74, 6) is 5.42. The highest BCUT2D eigenvalue weighted by molar-refractivity contribution is 9.10. The van der Waals surface area contributed by atoms with E-state index in [9.17, 15) is 13.6 Å². The van der Waals surface area contributed by atoms with E-state index in [2.05, 4.69) is 38.0 Å². The number of hydrazine groups is 2. The zero-order valence-corrected chi connectivity index (χ0v) is 22.5. The molecule has 1 heterocycles. The Morgan fingerprint density at radius 3 is 2.62 bits per heavy atom. The average molecular weight is 596 g/mol. The van der Waals surface area contributed by atoms with Crippen molar-refractivity contribution >= 4 is 51.0 Å². The third-order valence-electron chi connectivity index (χ3n) is 5.23. The third kappa shape index (κ3) is 7.59. The summed E-state index contributed by atoms with van der Waals surface area (Å²) in [5.41, 5.74) is 8.42. The minimum Gasteiger partial charge on any atom is -0.366 e. The van der Waals surface area contributed by atoms with Gasteiger partial charge in [-0.3, -0.25) is 9.48 Å². The molecule has 196 valence electrons. The Bertz CT molecular complexity index is 1310. The van der Waals surface area contributed by atoms with Crippen LogP contribution < -0.4 is 16.9 Å². The van der Waals surface area contributed by atoms with Crippen molar-refractivity contribution in [3.63, 3.8) is 0 Å². The Balaban J connectivity index is 1.81. The van der Waals surface area contributed by atoms with Gasteiger partial charge in [-0.05, 0) is 48.4 Å². The van der Waals surface area contributed by atoms with E-state index >= 15 is 0 Å². The number of anilines is 1. The second-order valence-electron chi connectivity index (χ2n) is 8.09. The number of halogens is 4. The van der Waals surface area contributed by atoms with Crippen molar-refractivity contribution in [3.05, 3.63) is 86.6 Å². The van der Waals surface area contributed by atoms with Crippen LogP contribution in [0.3, 0.4) is 0 Å². The van der Waals surface area contributed by atoms with Gasteiger partial charge in [-0.1, -0.05) is 46.2 Å². The molecule has 0 saturated carbocycles. The minimum absolute atomic E-state index is 0.0667. The molecule has 1 aromatic heterocycles. The van der Waals surface area contributed by atoms with Crippen LogP contribution in [0, 0.1) is 6.92 Å². The molecular formula is C24H26BrClF2N8O. The van der Waals surface area contributed by atoms with E-state index in [1.165, 1.54) is 16.3 Å². The summed E-state index contributed by atoms with van der Waals surface area (Å²) in [6.45, 7) is 5.09. The van der Waals surface area contributed by atoms with Gasteiger partial charge in [0, 0.05) is 16.5 Å². The van der Waals surface area contributed by atoms with Gasteiger partial charge in [0.05, 0.1) is 41.1 Å². The Kier molecular flexibility index (Phi) is 9.38. The van der Waals surface area contributed by atoms with Crippen LogP contribution >= 0.6 is 27.5 Å². The van der Waals surface area contributed by atoms with Crippen LogP contribution in [0.4, 0.5) is 14.5 Å². The maximum atomic E-state index is 13.3. The lowest BCUT2D eigenvalue weighted by Crippen LogP contribution is -2.41. The molecule has 0 aliphatic heterocycles. The zero-order valence-electron chi connectivity index (χ0n) is 20.1. The van der Waals surface area contributed by atoms with Crippen LogP contribution in [0.15, 0.2) is 58.6 Å². The molecule has 0 fully saturated rings. The minimum atomic E-state index is -2.66. The molecular weight excluding hydrogens is 570 g/mol. The van der Waals surface area contributed by atoms with E-state index in [4.69, 9.17) is 23.2 Å². The quantitative estimate of drug-likeness (QED) is 0.169. The van der Waals surface area contributed by atoms with Crippen LogP contribution in [0.1, 0.15) is 32.9 Å². The third-order valence-corrected chi connectivity index (χ3v) is 5.98. The number of carbonyl (C=O) groups is 1. The molecule has 0 spiro atoms. The zero-order chi connectivity index (χ0) is 27.3. The number of hydrogen-bond acceptors (Lipinski definition) is 7. The van der Waals surface area contributed by atoms with E-state index in [0.29, 0.717) is 22.0 Å². The molecule has 0 saturated heterocycles. The highest BCUT2D eigenvalue weighted by atomic mass is 79.9. The largest absolute Gasteiger partial charge is 0.366 e. The number of primary amides is 1. The summed E-state index contributed by atoms with van der Waals surface area (Å²) in [6, 6.07) is 12.2. The van der Waals surface area contributed by atoms with Crippen molar-refractivity contribution in [3.8, 4) is 0 Å². The first kappa shape index (κ1) is 28.3. The Labute approximate surface area is 226 Å². The first-order valence-corrected chi connectivity index (χ1v) is 12.1. The lowest BCUT2D eigenvalue weighted by Gasteiger charge is -2.23. The van der Waals surface area contributed by atoms with Gasteiger partial charge in [-0.2, -0.15) is 10.2 Å². The smallest absolute Gasteiger partial charge is 0.257 e. The fourth-order valence-corrected chi connectivity index (χ4v) is 3.95. The van der Waals surface area contributed by atoms with Gasteiger partial charge in [-0.15, -0.1) is 5.12 Å². The number of aromatic nitrogens is 2. The van der Waals surface area contributed by atoms with E-state index in [1.54, 1.807) is 32.3 Å². The number of alkyl halides is 2. The van der Waals surface area contributed by atoms with Crippen LogP contribution in [-0.4, -0.2) is 45.6 Å². The lowest BCUT2D eigenvalue weighted by atomic mass is 10.1. The summed E-state index contributed by atoms with van der Waals surface area (Å²) in [4.78, 5) is 11.9. The van der Waals surface area contributed by atoms with Crippen molar-refractivity contribution < 1.29 is 13.6 Å². The predicted octanol–water partition coefficient (Wildman–Crippen LogP) is 4.61. The fraction of sp³-hybridized carbons (Fsp3) is 0.208. The molecule has 0 atom stereocenters. The number of aryl methyl sites for hydroxylation is 1. The molecule has 0 aliphatic carbocycles. The van der Waals surface area contributed by atoms with Gasteiger partial charge in [-0.25, -0.2) is 19.7 Å². The SMILES string of the molecule is C=C(Nc1c(C)cc(Cl)cc1C(N)=O)c1cc(CN(N)N(C)N=Cc2ccc(Br)cc2)nn1CC(F)F. The van der Waals surface area contributed by atoms with E-state index in [0.717, 1.165) is 14.7 Å². The molecule has 0 radical (unpaired) electrons. The number of rotatable bonds is 11. The van der Waals surface area contributed by atoms with Gasteiger partial charge in [0.1, 0.15) is 6.54 Å². The van der Waals surface area contributed by atoms with Crippen molar-refractivity contribution in [1.29, 1.82) is 0 Å². The predicted molar refractivity (Wildman–Crippen MR) is 145 cm³/mol. The van der Waals surface area contributed by atoms with E-state index in [-0.39, 0.29) is 23.5 Å². The summed E-state index contributed by atoms with van der Waals surface area (Å²) in [5, 5.41) is 14.6. The number of hydrazone groups is 1. The number of hydrogen-bond donors (Lipinski definition) is 3. The molecule has 0 bridgehead atoms. The Hall–Kier alpha value is -3.32. The van der Waals surface area contributed by atoms with Crippen molar-refractivity contribution in [1.82, 2.24) is 20.0 Å². The molecule has 0 unspecified atom stereocenters. The number of carbonyl (C=O) groups excluding carboxylic acids is 1. The first-order valence-electron chi connectivity index (χ1n) is 10.9. The molecule has 9 nitrogen and oxygen atoms in total. The monoisotopic (exact) mass is 594 g/mol. The van der Waals surface area contributed by atoms with Crippen LogP contribution in [0.2, 0.25) is 5.02 Å². The standard InChI is InChI=1S/C24H26BrClF2N8O/c1-14-8-18(26)9-20(24(29)37)23(14)32-15(2)21-10-19(33-35(21)13-22(27)28)12-36(30)34(3)31-11-16-4-6-17(25)7-5-16/h4-11,22,32H,2,12-13,30H2,1,3H3,(H2,29,37). The maximum Gasteiger partial charge on any atom is 0.257 e. The second-order valence-corrected chi connectivity index (χ2v) is 9.44. The molecule has 2 aromatic carbocycles. The van der Waals surface area contributed by atoms with Gasteiger partial charge < -0.3 is 11.1 Å². The number of nitrogens with zero attached hydrogens (tertiary/aromatic N) is 5. The molecule has 13 heteroatoms. The molecule has 0 aliphatic rings. The molecule has 37 heavy (non-hydrogen) atoms. The second kappa shape index (κ2) is 12.3. The molecule has 3 rings (SSSR count). The van der Waals surface area contributed by atoms with Gasteiger partial charge >= 0.3 is 0 Å². The normalized spacial score (nSPS) is 11.5. The highest BCUT2D eigenvalue weighted by Gasteiger charge is 2.19. The number of benzene rings is 2. The van der Waals surface area contributed by atoms with E-state index < -0.39 is 18.9 Å². The van der Waals surface area contributed by atoms with Crippen molar-refractivity contribution in [2.24, 2.45) is 16.7 Å². The summed E-state index contributed by atoms with van der Waals surface area (Å²) in [7, 11) is 1.64. The number of nitrogens with two attached hydrogens (primary N) is 2. The highest BCUT2D eigenvalue weighted by Crippen LogP contribution is 2.29. The molecule has 5 N–H and O–H groups in total. The fourth-order valence-electron chi connectivity index (χ4n) is 3.41. The number of amides is 1. The lowest BCUT2D eigenvalue weighted by molar-refractivity contribution is -0.00876. The summed E-state index contributed by atoms with van der Waals surface area (Å²) >= 11 is 9.43. The average Bonchev–Trinajstić information content (AvgIpc) is 3.21. The van der Waals surface area contributed by atoms with Crippen LogP contribution in [0.5, 0.6) is 0 Å². The van der Waals surface area contributed by atoms with Gasteiger partial charge in [0.2, 0.25) is 0 Å². The number of nitrogens with one attached hydrogen (secondary N) is 1. The van der Waals surface area contributed by atoms with Crippen LogP contribution in [-0.2, 0) is 13.1 Å². The molecule has 1 amide bonds. The topological polar surface area (TPSA) is 118 Å². The van der Waals surface area contributed by atoms with Crippen LogP contribution in [0.25, 0.3) is 5.70 Å². The van der Waals surface area contributed by atoms with Gasteiger partial charge in [0.15, 0.2) is 0 Å². The summed E-state index contributed by atoms with van der Waals surface area (Å²) in [6.07, 6.45) is -1.03.